The van der Waals surface area contributed by atoms with Crippen LogP contribution in [0, 0.1) is 5.92 Å². The van der Waals surface area contributed by atoms with E-state index in [0.717, 1.165) is 64.3 Å². The second kappa shape index (κ2) is 7.75. The number of rotatable bonds is 7. The number of carbonyl (C=O) groups excluding carboxylic acids is 1. The van der Waals surface area contributed by atoms with Gasteiger partial charge in [0.15, 0.2) is 0 Å². The fourth-order valence-corrected chi connectivity index (χ4v) is 5.24. The van der Waals surface area contributed by atoms with Crippen molar-refractivity contribution in [1.82, 2.24) is 24.6 Å². The van der Waals surface area contributed by atoms with Gasteiger partial charge in [0.1, 0.15) is 11.6 Å². The van der Waals surface area contributed by atoms with Gasteiger partial charge >= 0.3 is 0 Å². The Morgan fingerprint density at radius 2 is 1.82 bits per heavy atom. The van der Waals surface area contributed by atoms with Gasteiger partial charge in [-0.3, -0.25) is 9.69 Å². The second-order valence-electron chi connectivity index (χ2n) is 9.50. The molecule has 28 heavy (non-hydrogen) atoms. The summed E-state index contributed by atoms with van der Waals surface area (Å²) in [6.07, 6.45) is 10.1. The molecule has 2 N–H and O–H groups in total. The van der Waals surface area contributed by atoms with E-state index >= 15 is 0 Å². The summed E-state index contributed by atoms with van der Waals surface area (Å²) in [6.45, 7) is 5.15. The van der Waals surface area contributed by atoms with Crippen molar-refractivity contribution in [3.63, 3.8) is 0 Å². The third-order valence-corrected chi connectivity index (χ3v) is 7.30. The number of piperidine rings is 1. The Balaban J connectivity index is 1.13. The number of hydrogen-bond acceptors (Lipinski definition) is 5. The predicted molar refractivity (Wildman–Crippen MR) is 107 cm³/mol. The van der Waals surface area contributed by atoms with Gasteiger partial charge in [-0.05, 0) is 70.4 Å². The van der Waals surface area contributed by atoms with Crippen molar-refractivity contribution in [3.8, 4) is 0 Å². The van der Waals surface area contributed by atoms with Crippen LogP contribution in [-0.2, 0) is 11.3 Å². The molecule has 0 radical (unpaired) electrons. The summed E-state index contributed by atoms with van der Waals surface area (Å²) >= 11 is 0. The molecule has 2 aliphatic heterocycles. The van der Waals surface area contributed by atoms with Crippen LogP contribution >= 0.6 is 0 Å². The molecule has 0 aromatic carbocycles. The van der Waals surface area contributed by atoms with Gasteiger partial charge in [-0.15, -0.1) is 10.2 Å². The molecule has 1 amide bonds. The lowest BCUT2D eigenvalue weighted by molar-refractivity contribution is -0.127. The summed E-state index contributed by atoms with van der Waals surface area (Å²) in [7, 11) is 0. The maximum absolute atomic E-state index is 11.8. The van der Waals surface area contributed by atoms with Crippen LogP contribution in [0.15, 0.2) is 0 Å². The lowest BCUT2D eigenvalue weighted by Gasteiger charge is -2.33. The van der Waals surface area contributed by atoms with E-state index in [9.17, 15) is 4.79 Å². The summed E-state index contributed by atoms with van der Waals surface area (Å²) in [5.74, 6) is 4.01. The molecule has 0 spiro atoms. The van der Waals surface area contributed by atoms with E-state index in [-0.39, 0.29) is 0 Å². The minimum absolute atomic E-state index is 0.354. The summed E-state index contributed by atoms with van der Waals surface area (Å²) in [6, 6.07) is 0.986. The van der Waals surface area contributed by atoms with E-state index in [2.05, 4.69) is 24.6 Å². The number of aromatic nitrogens is 3. The van der Waals surface area contributed by atoms with Crippen LogP contribution in [0.25, 0.3) is 0 Å². The van der Waals surface area contributed by atoms with Crippen molar-refractivity contribution in [1.29, 1.82) is 0 Å². The van der Waals surface area contributed by atoms with E-state index in [0.29, 0.717) is 23.9 Å². The molecule has 1 aromatic rings. The topological polar surface area (TPSA) is 80.3 Å². The number of likely N-dealkylation sites (tertiary alicyclic amines) is 2. The fraction of sp³-hybridized carbons (Fsp3) is 0.857. The lowest BCUT2D eigenvalue weighted by atomic mass is 9.80. The van der Waals surface area contributed by atoms with Gasteiger partial charge in [-0.2, -0.15) is 0 Å². The highest BCUT2D eigenvalue weighted by molar-refractivity contribution is 5.77. The van der Waals surface area contributed by atoms with Crippen molar-refractivity contribution in [3.05, 3.63) is 11.6 Å². The quantitative estimate of drug-likeness (QED) is 0.776. The molecule has 4 aliphatic rings. The number of hydrogen-bond donors (Lipinski definition) is 1. The van der Waals surface area contributed by atoms with Crippen LogP contribution < -0.4 is 5.73 Å². The zero-order chi connectivity index (χ0) is 19.1. The second-order valence-corrected chi connectivity index (χ2v) is 9.50. The molecular formula is C21H34N6O. The van der Waals surface area contributed by atoms with Gasteiger partial charge in [-0.1, -0.05) is 0 Å². The smallest absolute Gasteiger partial charge is 0.222 e. The molecule has 0 atom stereocenters. The number of nitrogens with zero attached hydrogens (tertiary/aromatic N) is 5. The van der Waals surface area contributed by atoms with E-state index in [1.807, 2.05) is 0 Å². The van der Waals surface area contributed by atoms with Crippen molar-refractivity contribution < 1.29 is 4.79 Å². The highest BCUT2D eigenvalue weighted by Gasteiger charge is 2.37. The average Bonchev–Trinajstić information content (AvgIpc) is 3.30. The molecule has 0 bridgehead atoms. The van der Waals surface area contributed by atoms with E-state index in [1.54, 1.807) is 0 Å². The van der Waals surface area contributed by atoms with Gasteiger partial charge in [0.2, 0.25) is 5.91 Å². The van der Waals surface area contributed by atoms with Crippen LogP contribution in [0.2, 0.25) is 0 Å². The van der Waals surface area contributed by atoms with Crippen molar-refractivity contribution >= 4 is 5.91 Å². The number of amides is 1. The Morgan fingerprint density at radius 3 is 2.46 bits per heavy atom. The summed E-state index contributed by atoms with van der Waals surface area (Å²) in [4.78, 5) is 16.4. The molecule has 7 nitrogen and oxygen atoms in total. The van der Waals surface area contributed by atoms with Gasteiger partial charge < -0.3 is 15.2 Å². The van der Waals surface area contributed by atoms with Crippen molar-refractivity contribution in [2.75, 3.05) is 26.2 Å². The molecule has 2 saturated carbocycles. The third kappa shape index (κ3) is 3.83. The van der Waals surface area contributed by atoms with Crippen molar-refractivity contribution in [2.24, 2.45) is 11.7 Å². The van der Waals surface area contributed by atoms with Crippen LogP contribution in [-0.4, -0.2) is 62.7 Å². The van der Waals surface area contributed by atoms with Crippen molar-refractivity contribution in [2.45, 2.75) is 82.3 Å². The summed E-state index contributed by atoms with van der Waals surface area (Å²) in [5.41, 5.74) is 6.00. The molecule has 7 heteroatoms. The standard InChI is InChI=1S/C21H34N6O/c22-17-12-16(13-17)21-24-23-19(27(21)18-3-4-18)14-25-9-5-15(6-10-25)7-11-26-8-1-2-20(26)28/h15-18H,1-14,22H2. The molecule has 5 rings (SSSR count). The normalized spacial score (nSPS) is 29.5. The first kappa shape index (κ1) is 18.6. The fourth-order valence-electron chi connectivity index (χ4n) is 5.24. The molecule has 154 valence electrons. The van der Waals surface area contributed by atoms with Gasteiger partial charge in [0.25, 0.3) is 0 Å². The minimum Gasteiger partial charge on any atom is -0.343 e. The Morgan fingerprint density at radius 1 is 1.04 bits per heavy atom. The van der Waals surface area contributed by atoms with Crippen LogP contribution in [0.3, 0.4) is 0 Å². The Kier molecular flexibility index (Phi) is 5.13. The molecule has 0 unspecified atom stereocenters. The SMILES string of the molecule is NC1CC(c2nnc(CN3CCC(CCN4CCCC4=O)CC3)n2C2CC2)C1. The van der Waals surface area contributed by atoms with Crippen LogP contribution in [0.1, 0.15) is 81.4 Å². The molecular weight excluding hydrogens is 352 g/mol. The number of carbonyl (C=O) groups is 1. The highest BCUT2D eigenvalue weighted by Crippen LogP contribution is 2.42. The summed E-state index contributed by atoms with van der Waals surface area (Å²) < 4.78 is 2.46. The molecule has 1 aromatic heterocycles. The van der Waals surface area contributed by atoms with Gasteiger partial charge in [-0.25, -0.2) is 0 Å². The minimum atomic E-state index is 0.354. The van der Waals surface area contributed by atoms with Crippen LogP contribution in [0.5, 0.6) is 0 Å². The highest BCUT2D eigenvalue weighted by atomic mass is 16.2. The Labute approximate surface area is 167 Å². The van der Waals surface area contributed by atoms with E-state index in [4.69, 9.17) is 5.73 Å². The zero-order valence-electron chi connectivity index (χ0n) is 16.9. The summed E-state index contributed by atoms with van der Waals surface area (Å²) in [5, 5.41) is 9.19. The largest absolute Gasteiger partial charge is 0.343 e. The molecule has 3 heterocycles. The lowest BCUT2D eigenvalue weighted by Crippen LogP contribution is -2.37. The van der Waals surface area contributed by atoms with Gasteiger partial charge in [0, 0.05) is 37.5 Å². The Hall–Kier alpha value is -1.47. The number of nitrogens with two attached hydrogens (primary N) is 1. The molecule has 4 fully saturated rings. The van der Waals surface area contributed by atoms with E-state index < -0.39 is 0 Å². The molecule has 2 saturated heterocycles. The maximum Gasteiger partial charge on any atom is 0.222 e. The van der Waals surface area contributed by atoms with Crippen LogP contribution in [0.4, 0.5) is 0 Å². The van der Waals surface area contributed by atoms with E-state index in [1.165, 1.54) is 43.8 Å². The first-order chi connectivity index (χ1) is 13.7. The molecule has 2 aliphatic carbocycles. The Bertz CT molecular complexity index is 700. The first-order valence-corrected chi connectivity index (χ1v) is 11.4. The first-order valence-electron chi connectivity index (χ1n) is 11.4. The van der Waals surface area contributed by atoms with Gasteiger partial charge in [0.05, 0.1) is 6.54 Å². The monoisotopic (exact) mass is 386 g/mol. The zero-order valence-corrected chi connectivity index (χ0v) is 16.9. The third-order valence-electron chi connectivity index (χ3n) is 7.30. The average molecular weight is 387 g/mol. The predicted octanol–water partition coefficient (Wildman–Crippen LogP) is 2.04. The maximum atomic E-state index is 11.8.